The van der Waals surface area contributed by atoms with E-state index in [1.165, 1.54) is 11.3 Å². The number of aryl methyl sites for hydroxylation is 1. The zero-order valence-corrected chi connectivity index (χ0v) is 8.17. The maximum atomic E-state index is 8.80. The van der Waals surface area contributed by atoms with E-state index in [0.29, 0.717) is 0 Å². The van der Waals surface area contributed by atoms with Crippen molar-refractivity contribution < 1.29 is 9.84 Å². The van der Waals surface area contributed by atoms with E-state index in [1.807, 2.05) is 18.4 Å². The van der Waals surface area contributed by atoms with Crippen LogP contribution in [0.2, 0.25) is 0 Å². The Hall–Kier alpha value is -0.890. The summed E-state index contributed by atoms with van der Waals surface area (Å²) in [6.45, 7) is 2.09. The van der Waals surface area contributed by atoms with E-state index >= 15 is 0 Å². The Morgan fingerprint density at radius 2 is 2.54 bits per heavy atom. The van der Waals surface area contributed by atoms with Gasteiger partial charge in [0.05, 0.1) is 18.1 Å². The first-order chi connectivity index (χ1) is 6.29. The van der Waals surface area contributed by atoms with Gasteiger partial charge in [0, 0.05) is 0 Å². The van der Waals surface area contributed by atoms with Crippen molar-refractivity contribution in [2.45, 2.75) is 13.0 Å². The van der Waals surface area contributed by atoms with Crippen LogP contribution in [-0.2, 0) is 4.74 Å². The second-order valence-electron chi connectivity index (χ2n) is 2.57. The summed E-state index contributed by atoms with van der Waals surface area (Å²) in [5.74, 6) is 0. The fraction of sp³-hybridized carbons (Fsp3) is 0.444. The predicted molar refractivity (Wildman–Crippen MR) is 50.4 cm³/mol. The lowest BCUT2D eigenvalue weighted by molar-refractivity contribution is 0.0596. The van der Waals surface area contributed by atoms with Crippen LogP contribution in [-0.4, -0.2) is 18.3 Å². The molecular formula is C9H11NO2S. The Morgan fingerprint density at radius 3 is 3.00 bits per heavy atom. The number of nitrogens with zero attached hydrogens (tertiary/aromatic N) is 1. The van der Waals surface area contributed by atoms with Crippen molar-refractivity contribution in [3.8, 4) is 6.07 Å². The molecule has 1 heterocycles. The van der Waals surface area contributed by atoms with Crippen LogP contribution >= 0.6 is 11.3 Å². The highest BCUT2D eigenvalue weighted by Crippen LogP contribution is 2.25. The minimum atomic E-state index is -0.535. The molecule has 0 aromatic carbocycles. The van der Waals surface area contributed by atoms with Gasteiger partial charge in [-0.15, -0.1) is 11.3 Å². The molecule has 0 saturated carbocycles. The lowest BCUT2D eigenvalue weighted by atomic mass is 10.2. The van der Waals surface area contributed by atoms with Crippen molar-refractivity contribution >= 4 is 11.3 Å². The van der Waals surface area contributed by atoms with Crippen LogP contribution in [0, 0.1) is 18.3 Å². The fourth-order valence-corrected chi connectivity index (χ4v) is 1.91. The van der Waals surface area contributed by atoms with Gasteiger partial charge in [-0.3, -0.25) is 0 Å². The van der Waals surface area contributed by atoms with Crippen LogP contribution in [0.4, 0.5) is 0 Å². The number of aliphatic hydroxyl groups is 1. The molecule has 0 aliphatic rings. The summed E-state index contributed by atoms with van der Waals surface area (Å²) in [4.78, 5) is 0.927. The maximum Gasteiger partial charge on any atom is 0.178 e. The highest BCUT2D eigenvalue weighted by Gasteiger charge is 2.14. The molecule has 1 aromatic rings. The molecule has 0 fully saturated rings. The van der Waals surface area contributed by atoms with Crippen molar-refractivity contribution in [2.75, 3.05) is 13.2 Å². The first-order valence-corrected chi connectivity index (χ1v) is 4.83. The zero-order chi connectivity index (χ0) is 9.68. The lowest BCUT2D eigenvalue weighted by Gasteiger charge is -2.08. The van der Waals surface area contributed by atoms with Crippen LogP contribution in [0.15, 0.2) is 11.4 Å². The molecule has 1 atom stereocenters. The SMILES string of the molecule is Cc1ccsc1C(C#N)OCCO. The summed E-state index contributed by atoms with van der Waals surface area (Å²) in [6.07, 6.45) is -0.535. The minimum Gasteiger partial charge on any atom is -0.394 e. The molecule has 0 spiro atoms. The summed E-state index contributed by atoms with van der Waals surface area (Å²) in [7, 11) is 0. The largest absolute Gasteiger partial charge is 0.394 e. The minimum absolute atomic E-state index is 0.0530. The van der Waals surface area contributed by atoms with Gasteiger partial charge in [0.1, 0.15) is 6.07 Å². The maximum absolute atomic E-state index is 8.80. The third-order valence-electron chi connectivity index (χ3n) is 1.63. The summed E-state index contributed by atoms with van der Waals surface area (Å²) >= 11 is 1.50. The standard InChI is InChI=1S/C9H11NO2S/c1-7-2-5-13-9(7)8(6-10)12-4-3-11/h2,5,8,11H,3-4H2,1H3. The van der Waals surface area contributed by atoms with Gasteiger partial charge in [-0.2, -0.15) is 5.26 Å². The molecule has 1 rings (SSSR count). The zero-order valence-electron chi connectivity index (χ0n) is 7.36. The van der Waals surface area contributed by atoms with Gasteiger partial charge >= 0.3 is 0 Å². The Kier molecular flexibility index (Phi) is 3.90. The van der Waals surface area contributed by atoms with E-state index in [0.717, 1.165) is 10.4 Å². The van der Waals surface area contributed by atoms with Gasteiger partial charge in [-0.25, -0.2) is 0 Å². The van der Waals surface area contributed by atoms with E-state index in [9.17, 15) is 0 Å². The molecule has 1 aromatic heterocycles. The molecule has 0 saturated heterocycles. The molecule has 0 bridgehead atoms. The third kappa shape index (κ3) is 2.52. The van der Waals surface area contributed by atoms with Crippen molar-refractivity contribution in [3.63, 3.8) is 0 Å². The van der Waals surface area contributed by atoms with Gasteiger partial charge in [0.25, 0.3) is 0 Å². The Morgan fingerprint density at radius 1 is 1.77 bits per heavy atom. The van der Waals surface area contributed by atoms with Gasteiger partial charge in [0.15, 0.2) is 6.10 Å². The number of thiophene rings is 1. The van der Waals surface area contributed by atoms with Crippen molar-refractivity contribution in [3.05, 3.63) is 21.9 Å². The van der Waals surface area contributed by atoms with E-state index in [1.54, 1.807) is 0 Å². The second-order valence-corrected chi connectivity index (χ2v) is 3.52. The van der Waals surface area contributed by atoms with E-state index in [2.05, 4.69) is 6.07 Å². The molecule has 0 radical (unpaired) electrons. The van der Waals surface area contributed by atoms with Crippen LogP contribution in [0.1, 0.15) is 16.5 Å². The van der Waals surface area contributed by atoms with E-state index in [4.69, 9.17) is 15.1 Å². The monoisotopic (exact) mass is 197 g/mol. The smallest absolute Gasteiger partial charge is 0.178 e. The average Bonchev–Trinajstić information content (AvgIpc) is 2.54. The van der Waals surface area contributed by atoms with Crippen LogP contribution in [0.5, 0.6) is 0 Å². The van der Waals surface area contributed by atoms with Gasteiger partial charge in [-0.05, 0) is 23.9 Å². The number of hydrogen-bond donors (Lipinski definition) is 1. The van der Waals surface area contributed by atoms with E-state index < -0.39 is 6.10 Å². The van der Waals surface area contributed by atoms with Crippen LogP contribution in [0.25, 0.3) is 0 Å². The highest BCUT2D eigenvalue weighted by atomic mass is 32.1. The molecule has 3 nitrogen and oxygen atoms in total. The Labute approximate surface area is 81.2 Å². The number of ether oxygens (including phenoxy) is 1. The number of nitriles is 1. The summed E-state index contributed by atoms with van der Waals surface area (Å²) in [5, 5.41) is 19.3. The summed E-state index contributed by atoms with van der Waals surface area (Å²) < 4.78 is 5.16. The van der Waals surface area contributed by atoms with Gasteiger partial charge in [0.2, 0.25) is 0 Å². The normalized spacial score (nSPS) is 12.4. The first kappa shape index (κ1) is 10.2. The van der Waals surface area contributed by atoms with Gasteiger partial charge in [-0.1, -0.05) is 0 Å². The molecule has 13 heavy (non-hydrogen) atoms. The second kappa shape index (κ2) is 4.97. The lowest BCUT2D eigenvalue weighted by Crippen LogP contribution is -2.05. The van der Waals surface area contributed by atoms with Crippen LogP contribution in [0.3, 0.4) is 0 Å². The number of aliphatic hydroxyl groups excluding tert-OH is 1. The Bertz CT molecular complexity index is 303. The van der Waals surface area contributed by atoms with Crippen molar-refractivity contribution in [1.82, 2.24) is 0 Å². The molecular weight excluding hydrogens is 186 g/mol. The fourth-order valence-electron chi connectivity index (χ4n) is 0.995. The third-order valence-corrected chi connectivity index (χ3v) is 2.70. The number of hydrogen-bond acceptors (Lipinski definition) is 4. The van der Waals surface area contributed by atoms with E-state index in [-0.39, 0.29) is 13.2 Å². The molecule has 4 heteroatoms. The van der Waals surface area contributed by atoms with Crippen molar-refractivity contribution in [1.29, 1.82) is 5.26 Å². The highest BCUT2D eigenvalue weighted by molar-refractivity contribution is 7.10. The van der Waals surface area contributed by atoms with Crippen molar-refractivity contribution in [2.24, 2.45) is 0 Å². The number of rotatable bonds is 4. The average molecular weight is 197 g/mol. The first-order valence-electron chi connectivity index (χ1n) is 3.95. The molecule has 1 unspecified atom stereocenters. The Balaban J connectivity index is 2.68. The molecule has 70 valence electrons. The molecule has 0 amide bonds. The van der Waals surface area contributed by atoms with Crippen LogP contribution < -0.4 is 0 Å². The predicted octanol–water partition coefficient (Wildman–Crippen LogP) is 1.63. The van der Waals surface area contributed by atoms with Gasteiger partial charge < -0.3 is 9.84 Å². The quantitative estimate of drug-likeness (QED) is 0.798. The summed E-state index contributed by atoms with van der Waals surface area (Å²) in [5.41, 5.74) is 1.06. The molecule has 0 aliphatic heterocycles. The molecule has 0 aliphatic carbocycles. The summed E-state index contributed by atoms with van der Waals surface area (Å²) in [6, 6.07) is 4.01. The topological polar surface area (TPSA) is 53.2 Å². The molecule has 1 N–H and O–H groups in total.